The first-order chi connectivity index (χ1) is 13.2. The molecule has 3 nitrogen and oxygen atoms in total. The molecule has 0 radical (unpaired) electrons. The molecule has 0 amide bonds. The number of unbranched alkanes of at least 4 members (excludes halogenated alkanes) is 1. The Morgan fingerprint density at radius 1 is 1.00 bits per heavy atom. The molecule has 0 aromatic heterocycles. The van der Waals surface area contributed by atoms with Crippen molar-refractivity contribution in [2.45, 2.75) is 32.4 Å². The van der Waals surface area contributed by atoms with Crippen molar-refractivity contribution in [3.8, 4) is 11.5 Å². The van der Waals surface area contributed by atoms with E-state index in [2.05, 4.69) is 6.92 Å². The molecule has 0 aliphatic carbocycles. The van der Waals surface area contributed by atoms with Gasteiger partial charge in [0.25, 0.3) is 5.78 Å². The van der Waals surface area contributed by atoms with E-state index < -0.39 is 18.6 Å². The fourth-order valence-corrected chi connectivity index (χ4v) is 2.98. The fraction of sp³-hybridized carbons (Fsp3) is 0.350. The van der Waals surface area contributed by atoms with Gasteiger partial charge < -0.3 is 9.47 Å². The summed E-state index contributed by atoms with van der Waals surface area (Å²) in [5.74, 6) is -1.29. The summed E-state index contributed by atoms with van der Waals surface area (Å²) in [7, 11) is 0. The lowest BCUT2D eigenvalue weighted by atomic mass is 10.0. The summed E-state index contributed by atoms with van der Waals surface area (Å²) in [4.78, 5) is 10.8. The zero-order valence-corrected chi connectivity index (χ0v) is 16.6. The number of hydrogen-bond donors (Lipinski definition) is 0. The third-order valence-electron chi connectivity index (χ3n) is 3.82. The Bertz CT molecular complexity index is 782. The molecule has 0 fully saturated rings. The second-order valence-corrected chi connectivity index (χ2v) is 6.94. The zero-order valence-electron chi connectivity index (χ0n) is 15.1. The average Bonchev–Trinajstić information content (AvgIpc) is 2.62. The van der Waals surface area contributed by atoms with Crippen LogP contribution in [0.1, 0.15) is 30.9 Å². The second kappa shape index (κ2) is 10.0. The molecule has 0 unspecified atom stereocenters. The van der Waals surface area contributed by atoms with Crippen molar-refractivity contribution < 1.29 is 27.4 Å². The van der Waals surface area contributed by atoms with Gasteiger partial charge in [-0.15, -0.1) is 0 Å². The number of ether oxygens (including phenoxy) is 2. The molecule has 0 aliphatic heterocycles. The molecule has 0 N–H and O–H groups in total. The van der Waals surface area contributed by atoms with Gasteiger partial charge in [-0.1, -0.05) is 48.7 Å². The summed E-state index contributed by atoms with van der Waals surface area (Å²) in [6.07, 6.45) is -2.49. The van der Waals surface area contributed by atoms with E-state index in [-0.39, 0.29) is 5.75 Å². The monoisotopic (exact) mass is 434 g/mol. The number of alkyl halides is 3. The molecule has 2 aromatic rings. The summed E-state index contributed by atoms with van der Waals surface area (Å²) in [5, 5.41) is 0.841. The number of carbonyl (C=O) groups excluding carboxylic acids is 1. The Balaban J connectivity index is 1.99. The lowest BCUT2D eigenvalue weighted by molar-refractivity contribution is -0.173. The maximum atomic E-state index is 12.2. The third-order valence-corrected chi connectivity index (χ3v) is 4.38. The predicted octanol–water partition coefficient (Wildman–Crippen LogP) is 6.27. The van der Waals surface area contributed by atoms with Gasteiger partial charge in [0.05, 0.1) is 16.7 Å². The van der Waals surface area contributed by atoms with E-state index in [1.54, 1.807) is 24.3 Å². The Morgan fingerprint density at radius 2 is 1.61 bits per heavy atom. The van der Waals surface area contributed by atoms with Crippen molar-refractivity contribution in [2.24, 2.45) is 0 Å². The van der Waals surface area contributed by atoms with Gasteiger partial charge in [-0.3, -0.25) is 4.79 Å². The van der Waals surface area contributed by atoms with E-state index in [1.807, 2.05) is 0 Å². The molecule has 0 heterocycles. The average molecular weight is 435 g/mol. The number of hydrogen-bond acceptors (Lipinski definition) is 3. The first-order valence-corrected chi connectivity index (χ1v) is 9.38. The van der Waals surface area contributed by atoms with Crippen LogP contribution >= 0.6 is 23.2 Å². The molecule has 2 aromatic carbocycles. The van der Waals surface area contributed by atoms with E-state index in [0.717, 1.165) is 24.0 Å². The maximum absolute atomic E-state index is 12.2. The van der Waals surface area contributed by atoms with Crippen LogP contribution in [0.4, 0.5) is 13.2 Å². The number of Topliss-reactive ketones (excluding diaryl/α,β-unsaturated/α-hetero) is 1. The van der Waals surface area contributed by atoms with Crippen LogP contribution in [-0.4, -0.2) is 25.2 Å². The number of benzene rings is 2. The fourth-order valence-electron chi connectivity index (χ4n) is 2.34. The minimum Gasteiger partial charge on any atom is -0.490 e. The van der Waals surface area contributed by atoms with Crippen LogP contribution in [0.3, 0.4) is 0 Å². The van der Waals surface area contributed by atoms with E-state index in [1.165, 1.54) is 12.1 Å². The van der Waals surface area contributed by atoms with Gasteiger partial charge in [0.1, 0.15) is 5.75 Å². The number of carbonyl (C=O) groups is 1. The Kier molecular flexibility index (Phi) is 8.01. The van der Waals surface area contributed by atoms with Crippen molar-refractivity contribution in [1.82, 2.24) is 0 Å². The Labute approximate surface area is 171 Å². The highest BCUT2D eigenvalue weighted by Gasteiger charge is 2.38. The van der Waals surface area contributed by atoms with Crippen LogP contribution in [-0.2, 0) is 11.2 Å². The first-order valence-electron chi connectivity index (χ1n) is 8.63. The van der Waals surface area contributed by atoms with Crippen molar-refractivity contribution in [3.63, 3.8) is 0 Å². The molecule has 0 aliphatic rings. The van der Waals surface area contributed by atoms with Gasteiger partial charge >= 0.3 is 6.18 Å². The number of halogens is 5. The lowest BCUT2D eigenvalue weighted by Crippen LogP contribution is -2.28. The largest absolute Gasteiger partial charge is 0.490 e. The Morgan fingerprint density at radius 3 is 2.14 bits per heavy atom. The van der Waals surface area contributed by atoms with Crippen LogP contribution in [0.5, 0.6) is 11.5 Å². The molecule has 8 heteroatoms. The third kappa shape index (κ3) is 6.60. The summed E-state index contributed by atoms with van der Waals surface area (Å²) in [5.41, 5.74) is 1.74. The smallest absolute Gasteiger partial charge is 0.453 e. The highest BCUT2D eigenvalue weighted by Crippen LogP contribution is 2.35. The topological polar surface area (TPSA) is 35.5 Å². The highest BCUT2D eigenvalue weighted by molar-refractivity contribution is 6.37. The SMILES string of the molecule is CCCCOc1c(Cl)cc(Cc2ccc(OCC(=O)C(F)(F)F)cc2)cc1Cl. The van der Waals surface area contributed by atoms with Gasteiger partial charge in [-0.2, -0.15) is 13.2 Å². The summed E-state index contributed by atoms with van der Waals surface area (Å²) >= 11 is 12.5. The molecule has 0 spiro atoms. The van der Waals surface area contributed by atoms with Crippen LogP contribution < -0.4 is 9.47 Å². The summed E-state index contributed by atoms with van der Waals surface area (Å²) in [6, 6.07) is 9.93. The first kappa shape index (κ1) is 22.4. The standard InChI is InChI=1S/C20H19Cl2F3O3/c1-2-3-8-27-19-16(21)10-14(11-17(19)22)9-13-4-6-15(7-5-13)28-12-18(26)20(23,24)25/h4-7,10-11H,2-3,8-9,12H2,1H3. The van der Waals surface area contributed by atoms with Crippen LogP contribution in [0.2, 0.25) is 10.0 Å². The molecule has 0 saturated heterocycles. The summed E-state index contributed by atoms with van der Waals surface area (Å²) in [6.45, 7) is 1.54. The second-order valence-electron chi connectivity index (χ2n) is 6.12. The van der Waals surface area contributed by atoms with Crippen molar-refractivity contribution >= 4 is 29.0 Å². The van der Waals surface area contributed by atoms with Gasteiger partial charge in [0.15, 0.2) is 12.4 Å². The van der Waals surface area contributed by atoms with E-state index in [0.29, 0.717) is 28.8 Å². The van der Waals surface area contributed by atoms with Crippen LogP contribution in [0, 0.1) is 0 Å². The molecular formula is C20H19Cl2F3O3. The number of rotatable bonds is 9. The predicted molar refractivity (Wildman–Crippen MR) is 103 cm³/mol. The van der Waals surface area contributed by atoms with Crippen molar-refractivity contribution in [1.29, 1.82) is 0 Å². The van der Waals surface area contributed by atoms with E-state index >= 15 is 0 Å². The Hall–Kier alpha value is -1.92. The van der Waals surface area contributed by atoms with Gasteiger partial charge in [-0.25, -0.2) is 0 Å². The maximum Gasteiger partial charge on any atom is 0.453 e. The van der Waals surface area contributed by atoms with Gasteiger partial charge in [0.2, 0.25) is 0 Å². The highest BCUT2D eigenvalue weighted by atomic mass is 35.5. The molecule has 28 heavy (non-hydrogen) atoms. The molecule has 0 bridgehead atoms. The molecular weight excluding hydrogens is 416 g/mol. The molecule has 0 saturated carbocycles. The quantitative estimate of drug-likeness (QED) is 0.436. The summed E-state index contributed by atoms with van der Waals surface area (Å²) < 4.78 is 47.0. The van der Waals surface area contributed by atoms with Crippen molar-refractivity contribution in [3.05, 3.63) is 57.6 Å². The molecule has 2 rings (SSSR count). The van der Waals surface area contributed by atoms with Crippen molar-refractivity contribution in [2.75, 3.05) is 13.2 Å². The van der Waals surface area contributed by atoms with E-state index in [4.69, 9.17) is 32.7 Å². The van der Waals surface area contributed by atoms with Crippen LogP contribution in [0.25, 0.3) is 0 Å². The van der Waals surface area contributed by atoms with E-state index in [9.17, 15) is 18.0 Å². The minimum absolute atomic E-state index is 0.178. The lowest BCUT2D eigenvalue weighted by Gasteiger charge is -2.12. The normalized spacial score (nSPS) is 11.4. The number of ketones is 1. The van der Waals surface area contributed by atoms with Gasteiger partial charge in [0, 0.05) is 0 Å². The zero-order chi connectivity index (χ0) is 20.7. The molecule has 0 atom stereocenters. The molecule has 152 valence electrons. The van der Waals surface area contributed by atoms with Gasteiger partial charge in [-0.05, 0) is 48.2 Å². The minimum atomic E-state index is -4.90. The van der Waals surface area contributed by atoms with Crippen LogP contribution in [0.15, 0.2) is 36.4 Å².